The second kappa shape index (κ2) is 14.6. The second-order valence-electron chi connectivity index (χ2n) is 16.4. The zero-order valence-electron chi connectivity index (χ0n) is 33.4. The molecule has 9 rings (SSSR count). The normalized spacial score (nSPS) is 25.0. The minimum atomic E-state index is -1.34. The van der Waals surface area contributed by atoms with Gasteiger partial charge in [0.1, 0.15) is 5.75 Å². The van der Waals surface area contributed by atoms with Crippen LogP contribution >= 0.6 is 0 Å². The predicted molar refractivity (Wildman–Crippen MR) is 228 cm³/mol. The summed E-state index contributed by atoms with van der Waals surface area (Å²) in [5, 5.41) is 19.7. The number of aromatic hydroxyl groups is 1. The fourth-order valence-electron chi connectivity index (χ4n) is 10.3. The van der Waals surface area contributed by atoms with Gasteiger partial charge < -0.3 is 10.0 Å². The summed E-state index contributed by atoms with van der Waals surface area (Å²) in [6.45, 7) is 3.66. The number of amides is 2. The SMILES string of the molecule is Cc1cc(C2C3=CCC4C(=O)N(c5ccc(N=Nc6ccc(N(C)C)cc6)cc5)C(=O)C4C3CC3C(=O)C(c4ccccc4)=CC(=O)C32c2ccccc2)cc(C)c1O. The topological polar surface area (TPSA) is 120 Å². The van der Waals surface area contributed by atoms with Crippen LogP contribution in [-0.2, 0) is 24.6 Å². The van der Waals surface area contributed by atoms with Crippen LogP contribution in [0.25, 0.3) is 5.57 Å². The number of hydrogen-bond donors (Lipinski definition) is 1. The van der Waals surface area contributed by atoms with Gasteiger partial charge in [-0.2, -0.15) is 10.2 Å². The van der Waals surface area contributed by atoms with Gasteiger partial charge in [-0.25, -0.2) is 0 Å². The van der Waals surface area contributed by atoms with E-state index >= 15 is 9.59 Å². The molecule has 0 aromatic heterocycles. The van der Waals surface area contributed by atoms with E-state index in [0.717, 1.165) is 22.4 Å². The van der Waals surface area contributed by atoms with Crippen molar-refractivity contribution in [2.75, 3.05) is 23.9 Å². The third kappa shape index (κ3) is 6.06. The molecular weight excluding hydrogens is 737 g/mol. The number of rotatable bonds is 7. The van der Waals surface area contributed by atoms with E-state index in [0.29, 0.717) is 45.7 Å². The average molecular weight is 781 g/mol. The van der Waals surface area contributed by atoms with Gasteiger partial charge in [-0.15, -0.1) is 0 Å². The molecular formula is C50H44N4O5. The Morgan fingerprint density at radius 3 is 1.93 bits per heavy atom. The maximum absolute atomic E-state index is 15.3. The van der Waals surface area contributed by atoms with Crippen molar-refractivity contribution in [2.45, 2.75) is 38.0 Å². The number of hydrogen-bond acceptors (Lipinski definition) is 8. The van der Waals surface area contributed by atoms with Crippen LogP contribution in [0.4, 0.5) is 22.7 Å². The molecule has 6 atom stereocenters. The van der Waals surface area contributed by atoms with Crippen LogP contribution in [0.3, 0.4) is 0 Å². The van der Waals surface area contributed by atoms with Gasteiger partial charge in [0.15, 0.2) is 11.6 Å². The quantitative estimate of drug-likeness (QED) is 0.0999. The molecule has 5 aromatic rings. The summed E-state index contributed by atoms with van der Waals surface area (Å²) in [7, 11) is 3.94. The Labute approximate surface area is 343 Å². The van der Waals surface area contributed by atoms with Crippen LogP contribution in [-0.4, -0.2) is 42.6 Å². The van der Waals surface area contributed by atoms with E-state index in [-0.39, 0.29) is 35.6 Å². The molecule has 1 heterocycles. The zero-order valence-corrected chi connectivity index (χ0v) is 33.4. The highest BCUT2D eigenvalue weighted by Gasteiger charge is 2.66. The molecule has 59 heavy (non-hydrogen) atoms. The smallest absolute Gasteiger partial charge is 0.238 e. The lowest BCUT2D eigenvalue weighted by atomic mass is 9.44. The van der Waals surface area contributed by atoms with E-state index in [1.165, 1.54) is 11.0 Å². The van der Waals surface area contributed by atoms with Crippen molar-refractivity contribution in [3.8, 4) is 5.75 Å². The van der Waals surface area contributed by atoms with Gasteiger partial charge in [-0.1, -0.05) is 84.4 Å². The maximum atomic E-state index is 15.3. The van der Waals surface area contributed by atoms with Crippen molar-refractivity contribution in [3.63, 3.8) is 0 Å². The van der Waals surface area contributed by atoms with Crippen molar-refractivity contribution < 1.29 is 24.3 Å². The molecule has 1 aliphatic heterocycles. The number of aryl methyl sites for hydroxylation is 2. The van der Waals surface area contributed by atoms with E-state index < -0.39 is 35.0 Å². The van der Waals surface area contributed by atoms with Gasteiger partial charge in [0.05, 0.1) is 34.3 Å². The van der Waals surface area contributed by atoms with Gasteiger partial charge >= 0.3 is 0 Å². The molecule has 0 bridgehead atoms. The highest BCUT2D eigenvalue weighted by molar-refractivity contribution is 6.32. The van der Waals surface area contributed by atoms with Crippen LogP contribution in [0.5, 0.6) is 5.75 Å². The fraction of sp³-hybridized carbons (Fsp3) is 0.240. The number of allylic oxidation sites excluding steroid dienone is 4. The average Bonchev–Trinajstić information content (AvgIpc) is 3.51. The molecule has 2 fully saturated rings. The van der Waals surface area contributed by atoms with Crippen LogP contribution < -0.4 is 9.80 Å². The molecule has 2 amide bonds. The van der Waals surface area contributed by atoms with Gasteiger partial charge in [0.2, 0.25) is 11.8 Å². The molecule has 4 aliphatic rings. The van der Waals surface area contributed by atoms with Crippen LogP contribution in [0.15, 0.2) is 149 Å². The summed E-state index contributed by atoms with van der Waals surface area (Å²) < 4.78 is 0. The van der Waals surface area contributed by atoms with E-state index in [2.05, 4.69) is 16.3 Å². The predicted octanol–water partition coefficient (Wildman–Crippen LogP) is 9.52. The summed E-state index contributed by atoms with van der Waals surface area (Å²) in [6, 6.07) is 37.2. The van der Waals surface area contributed by atoms with Crippen molar-refractivity contribution in [1.29, 1.82) is 0 Å². The van der Waals surface area contributed by atoms with Crippen molar-refractivity contribution >= 4 is 51.7 Å². The van der Waals surface area contributed by atoms with Crippen molar-refractivity contribution in [2.24, 2.45) is 33.9 Å². The summed E-state index contributed by atoms with van der Waals surface area (Å²) in [6.07, 6.45) is 4.11. The summed E-state index contributed by atoms with van der Waals surface area (Å²) in [5.41, 5.74) is 6.11. The lowest BCUT2D eigenvalue weighted by molar-refractivity contribution is -0.135. The summed E-state index contributed by atoms with van der Waals surface area (Å²) in [4.78, 5) is 63.0. The van der Waals surface area contributed by atoms with Gasteiger partial charge in [-0.05, 0) is 115 Å². The maximum Gasteiger partial charge on any atom is 0.238 e. The molecule has 3 aliphatic carbocycles. The first-order valence-corrected chi connectivity index (χ1v) is 20.1. The highest BCUT2D eigenvalue weighted by atomic mass is 16.3. The molecule has 9 heteroatoms. The van der Waals surface area contributed by atoms with E-state index in [4.69, 9.17) is 0 Å². The second-order valence-corrected chi connectivity index (χ2v) is 16.4. The number of phenolic OH excluding ortho intramolecular Hbond substituents is 1. The number of imide groups is 1. The standard InChI is InChI=1S/C50H44N4O5/c1-29-25-32(26-30(2)46(29)56)45-38-23-24-39-44(49(59)54(48(39)58)37-21-17-35(18-22-37)52-51-34-15-19-36(20-16-34)53(3)4)41(38)27-42-47(57)40(31-11-7-5-8-12-31)28-43(55)50(42,45)33-13-9-6-10-14-33/h5-23,25-26,28,39,41-42,44-45,56H,24,27H2,1-4H3. The zero-order chi connectivity index (χ0) is 41.2. The largest absolute Gasteiger partial charge is 0.507 e. The fourth-order valence-corrected chi connectivity index (χ4v) is 10.3. The van der Waals surface area contributed by atoms with E-state index in [9.17, 15) is 14.7 Å². The Hall–Kier alpha value is -6.74. The first-order valence-electron chi connectivity index (χ1n) is 20.1. The molecule has 5 aromatic carbocycles. The molecule has 0 radical (unpaired) electrons. The number of carbonyl (C=O) groups excluding carboxylic acids is 4. The Morgan fingerprint density at radius 1 is 0.729 bits per heavy atom. The third-order valence-electron chi connectivity index (χ3n) is 13.0. The molecule has 6 unspecified atom stereocenters. The number of carbonyl (C=O) groups is 4. The van der Waals surface area contributed by atoms with Crippen LogP contribution in [0.1, 0.15) is 46.6 Å². The summed E-state index contributed by atoms with van der Waals surface area (Å²) >= 11 is 0. The number of ketones is 2. The number of nitrogens with zero attached hydrogens (tertiary/aromatic N) is 4. The summed E-state index contributed by atoms with van der Waals surface area (Å²) in [5.74, 6) is -4.15. The molecule has 1 N–H and O–H groups in total. The highest BCUT2D eigenvalue weighted by Crippen LogP contribution is 2.64. The third-order valence-corrected chi connectivity index (χ3v) is 13.0. The van der Waals surface area contributed by atoms with Gasteiger partial charge in [-0.3, -0.25) is 24.1 Å². The first-order chi connectivity index (χ1) is 28.5. The van der Waals surface area contributed by atoms with Crippen molar-refractivity contribution in [1.82, 2.24) is 0 Å². The minimum Gasteiger partial charge on any atom is -0.507 e. The van der Waals surface area contributed by atoms with Crippen LogP contribution in [0, 0.1) is 37.5 Å². The molecule has 294 valence electrons. The monoisotopic (exact) mass is 780 g/mol. The number of benzene rings is 5. The number of azo groups is 1. The van der Waals surface area contributed by atoms with E-state index in [1.54, 1.807) is 24.3 Å². The van der Waals surface area contributed by atoms with E-state index in [1.807, 2.05) is 130 Å². The Bertz CT molecular complexity index is 2590. The van der Waals surface area contributed by atoms with Gasteiger partial charge in [0.25, 0.3) is 0 Å². The lowest BCUT2D eigenvalue weighted by Crippen LogP contribution is -2.58. The van der Waals surface area contributed by atoms with Gasteiger partial charge in [0, 0.05) is 37.2 Å². The van der Waals surface area contributed by atoms with Crippen LogP contribution in [0.2, 0.25) is 0 Å². The minimum absolute atomic E-state index is 0.162. The Morgan fingerprint density at radius 2 is 1.32 bits per heavy atom. The van der Waals surface area contributed by atoms with Crippen molar-refractivity contribution in [3.05, 3.63) is 167 Å². The Kier molecular flexibility index (Phi) is 9.34. The molecule has 1 saturated heterocycles. The molecule has 9 nitrogen and oxygen atoms in total. The number of anilines is 2. The molecule has 0 spiro atoms. The first kappa shape index (κ1) is 37.8. The Balaban J connectivity index is 1.13. The number of Topliss-reactive ketones (excluding diaryl/α,β-unsaturated/α-hetero) is 1. The lowest BCUT2D eigenvalue weighted by Gasteiger charge is -2.55. The molecule has 1 saturated carbocycles. The number of phenols is 1. The number of fused-ring (bicyclic) bond motifs is 4.